The molecule has 0 N–H and O–H groups in total. The molecule has 1 unspecified atom stereocenters. The molecule has 0 aliphatic carbocycles. The van der Waals surface area contributed by atoms with E-state index in [4.69, 9.17) is 9.47 Å². The van der Waals surface area contributed by atoms with Gasteiger partial charge in [0.25, 0.3) is 5.69 Å². The van der Waals surface area contributed by atoms with Crippen molar-refractivity contribution in [1.29, 1.82) is 0 Å². The van der Waals surface area contributed by atoms with Gasteiger partial charge in [0, 0.05) is 25.3 Å². The van der Waals surface area contributed by atoms with Crippen LogP contribution >= 0.6 is 0 Å². The average molecular weight is 459 g/mol. The quantitative estimate of drug-likeness (QED) is 0.174. The van der Waals surface area contributed by atoms with E-state index in [0.29, 0.717) is 23.0 Å². The van der Waals surface area contributed by atoms with Crippen LogP contribution in [0.1, 0.15) is 30.5 Å². The first kappa shape index (κ1) is 27.4. The molecule has 0 aliphatic rings. The van der Waals surface area contributed by atoms with Gasteiger partial charge in [-0.15, -0.1) is 0 Å². The first-order valence-electron chi connectivity index (χ1n) is 10.3. The van der Waals surface area contributed by atoms with Gasteiger partial charge in [0.1, 0.15) is 12.9 Å². The van der Waals surface area contributed by atoms with E-state index in [0.717, 1.165) is 6.61 Å². The molecule has 9 heteroatoms. The van der Waals surface area contributed by atoms with Crippen LogP contribution in [0.2, 0.25) is 0 Å². The zero-order valence-corrected chi connectivity index (χ0v) is 19.2. The van der Waals surface area contributed by atoms with Gasteiger partial charge in [-0.2, -0.15) is 0 Å². The van der Waals surface area contributed by atoms with Gasteiger partial charge in [-0.3, -0.25) is 19.7 Å². The first-order chi connectivity index (χ1) is 15.7. The number of carbonyl (C=O) groups is 3. The molecule has 2 aromatic carbocycles. The van der Waals surface area contributed by atoms with Gasteiger partial charge in [0.15, 0.2) is 5.41 Å². The first-order valence-corrected chi connectivity index (χ1v) is 10.3. The van der Waals surface area contributed by atoms with Gasteiger partial charge in [0.2, 0.25) is 0 Å². The van der Waals surface area contributed by atoms with Crippen molar-refractivity contribution in [3.8, 4) is 0 Å². The number of esters is 2. The number of rotatable bonds is 10. The van der Waals surface area contributed by atoms with E-state index in [-0.39, 0.29) is 18.7 Å². The fourth-order valence-corrected chi connectivity index (χ4v) is 2.85. The lowest BCUT2D eigenvalue weighted by Gasteiger charge is -2.25. The van der Waals surface area contributed by atoms with Crippen LogP contribution in [-0.4, -0.2) is 50.1 Å². The topological polar surface area (TPSA) is 122 Å². The van der Waals surface area contributed by atoms with Gasteiger partial charge in [0.05, 0.1) is 18.0 Å². The Morgan fingerprint density at radius 1 is 1.06 bits per heavy atom. The van der Waals surface area contributed by atoms with Crippen molar-refractivity contribution in [2.75, 3.05) is 26.9 Å². The maximum Gasteiger partial charge on any atom is 0.327 e. The fraction of sp³-hybridized carbons (Fsp3) is 0.375. The summed E-state index contributed by atoms with van der Waals surface area (Å²) in [7, 11) is 1.68. The van der Waals surface area contributed by atoms with Crippen molar-refractivity contribution in [3.63, 3.8) is 0 Å². The van der Waals surface area contributed by atoms with E-state index in [1.807, 2.05) is 6.92 Å². The highest BCUT2D eigenvalue weighted by Crippen LogP contribution is 2.25. The Kier molecular flexibility index (Phi) is 11.4. The van der Waals surface area contributed by atoms with Crippen molar-refractivity contribution in [2.24, 2.45) is 0 Å². The summed E-state index contributed by atoms with van der Waals surface area (Å²) in [6.07, 6.45) is 0.259. The number of nitro benzene ring substituents is 1. The second kappa shape index (κ2) is 13.7. The highest BCUT2D eigenvalue weighted by molar-refractivity contribution is 6.00. The molecule has 1 atom stereocenters. The van der Waals surface area contributed by atoms with Crippen molar-refractivity contribution < 1.29 is 33.5 Å². The molecule has 2 rings (SSSR count). The van der Waals surface area contributed by atoms with Crippen LogP contribution in [0, 0.1) is 17.0 Å². The molecule has 0 fully saturated rings. The zero-order valence-electron chi connectivity index (χ0n) is 19.2. The molecule has 0 aromatic heterocycles. The van der Waals surface area contributed by atoms with Gasteiger partial charge < -0.3 is 19.0 Å². The number of nitrogens with zero attached hydrogens (tertiary/aromatic N) is 1. The standard InChI is InChI=1S/C21H21NO7.C3H8O/c1-3-28-20(25)21(13-23,17-7-5-4-6-8-17)14-29-19(24)12-16-9-10-18(22(26)27)15(2)11-16;1-3-4-2/h4-11,13H,3,12,14H2,1-2H3;3H2,1-2H3. The van der Waals surface area contributed by atoms with Crippen molar-refractivity contribution in [3.05, 3.63) is 75.3 Å². The molecule has 0 aliphatic heterocycles. The predicted octanol–water partition coefficient (Wildman–Crippen LogP) is 3.34. The van der Waals surface area contributed by atoms with Crippen LogP contribution < -0.4 is 0 Å². The zero-order chi connectivity index (χ0) is 24.9. The number of methoxy groups -OCH3 is 1. The van der Waals surface area contributed by atoms with Crippen molar-refractivity contribution >= 4 is 23.9 Å². The molecular formula is C24H29NO8. The summed E-state index contributed by atoms with van der Waals surface area (Å²) < 4.78 is 14.8. The minimum absolute atomic E-state index is 0.0477. The van der Waals surface area contributed by atoms with E-state index < -0.39 is 28.9 Å². The largest absolute Gasteiger partial charge is 0.465 e. The molecule has 0 heterocycles. The summed E-state index contributed by atoms with van der Waals surface area (Å²) in [5.41, 5.74) is -0.525. The lowest BCUT2D eigenvalue weighted by atomic mass is 9.82. The smallest absolute Gasteiger partial charge is 0.327 e. The normalized spacial score (nSPS) is 11.9. The van der Waals surface area contributed by atoms with Crippen molar-refractivity contribution in [2.45, 2.75) is 32.6 Å². The lowest BCUT2D eigenvalue weighted by Crippen LogP contribution is -2.44. The highest BCUT2D eigenvalue weighted by Gasteiger charge is 2.43. The van der Waals surface area contributed by atoms with E-state index in [9.17, 15) is 24.5 Å². The van der Waals surface area contributed by atoms with Crippen LogP contribution in [0.4, 0.5) is 5.69 Å². The van der Waals surface area contributed by atoms with E-state index in [1.54, 1.807) is 51.3 Å². The molecule has 33 heavy (non-hydrogen) atoms. The lowest BCUT2D eigenvalue weighted by molar-refractivity contribution is -0.385. The van der Waals surface area contributed by atoms with Crippen molar-refractivity contribution in [1.82, 2.24) is 0 Å². The predicted molar refractivity (Wildman–Crippen MR) is 121 cm³/mol. The second-order valence-corrected chi connectivity index (χ2v) is 6.97. The van der Waals surface area contributed by atoms with Crippen LogP contribution in [0.25, 0.3) is 0 Å². The number of nitro groups is 1. The molecule has 9 nitrogen and oxygen atoms in total. The summed E-state index contributed by atoms with van der Waals surface area (Å²) in [4.78, 5) is 47.1. The van der Waals surface area contributed by atoms with Crippen LogP contribution in [0.3, 0.4) is 0 Å². The Morgan fingerprint density at radius 2 is 1.70 bits per heavy atom. The van der Waals surface area contributed by atoms with Crippen LogP contribution in [0.5, 0.6) is 0 Å². The summed E-state index contributed by atoms with van der Waals surface area (Å²) >= 11 is 0. The fourth-order valence-electron chi connectivity index (χ4n) is 2.85. The highest BCUT2D eigenvalue weighted by atomic mass is 16.6. The molecule has 0 saturated carbocycles. The molecule has 0 spiro atoms. The minimum Gasteiger partial charge on any atom is -0.465 e. The third-order valence-electron chi connectivity index (χ3n) is 4.69. The van der Waals surface area contributed by atoms with E-state index >= 15 is 0 Å². The maximum atomic E-state index is 12.5. The monoisotopic (exact) mass is 459 g/mol. The van der Waals surface area contributed by atoms with Gasteiger partial charge in [-0.05, 0) is 38.0 Å². The Balaban J connectivity index is 0.00000125. The van der Waals surface area contributed by atoms with Gasteiger partial charge >= 0.3 is 11.9 Å². The molecule has 0 amide bonds. The number of aryl methyl sites for hydroxylation is 1. The molecule has 178 valence electrons. The van der Waals surface area contributed by atoms with Crippen LogP contribution in [-0.2, 0) is 40.4 Å². The SMILES string of the molecule is CCOC.CCOC(=O)C(C=O)(COC(=O)Cc1ccc([N+](=O)[O-])c(C)c1)c1ccccc1. The molecule has 0 radical (unpaired) electrons. The number of benzene rings is 2. The number of aldehydes is 1. The summed E-state index contributed by atoms with van der Waals surface area (Å²) in [6, 6.07) is 12.5. The molecule has 0 saturated heterocycles. The van der Waals surface area contributed by atoms with Crippen LogP contribution in [0.15, 0.2) is 48.5 Å². The summed E-state index contributed by atoms with van der Waals surface area (Å²) in [6.45, 7) is 5.52. The Bertz CT molecular complexity index is 943. The Labute approximate surface area is 192 Å². The molecular weight excluding hydrogens is 430 g/mol. The third kappa shape index (κ3) is 7.80. The summed E-state index contributed by atoms with van der Waals surface area (Å²) in [5.74, 6) is -1.48. The van der Waals surface area contributed by atoms with E-state index in [2.05, 4.69) is 4.74 Å². The maximum absolute atomic E-state index is 12.5. The van der Waals surface area contributed by atoms with Gasteiger partial charge in [-0.1, -0.05) is 36.4 Å². The van der Waals surface area contributed by atoms with E-state index in [1.165, 1.54) is 18.2 Å². The van der Waals surface area contributed by atoms with Gasteiger partial charge in [-0.25, -0.2) is 0 Å². The average Bonchev–Trinajstić information content (AvgIpc) is 2.80. The molecule has 0 bridgehead atoms. The Morgan fingerprint density at radius 3 is 2.18 bits per heavy atom. The minimum atomic E-state index is -1.77. The number of carbonyl (C=O) groups excluding carboxylic acids is 3. The number of hydrogen-bond acceptors (Lipinski definition) is 8. The number of ether oxygens (including phenoxy) is 3. The Hall–Kier alpha value is -3.59. The second-order valence-electron chi connectivity index (χ2n) is 6.97. The summed E-state index contributed by atoms with van der Waals surface area (Å²) in [5, 5.41) is 10.9. The third-order valence-corrected chi connectivity index (χ3v) is 4.69. The number of hydrogen-bond donors (Lipinski definition) is 0. The molecule has 2 aromatic rings.